The SMILES string of the molecule is COC(/C=C/C=C\S)c1ccsc1. The van der Waals surface area contributed by atoms with Gasteiger partial charge in [0.1, 0.15) is 6.10 Å². The lowest BCUT2D eigenvalue weighted by Crippen LogP contribution is -1.94. The number of thiophene rings is 1. The van der Waals surface area contributed by atoms with Gasteiger partial charge >= 0.3 is 0 Å². The van der Waals surface area contributed by atoms with Crippen LogP contribution in [0.1, 0.15) is 11.7 Å². The highest BCUT2D eigenvalue weighted by atomic mass is 32.1. The Morgan fingerprint density at radius 2 is 2.38 bits per heavy atom. The molecule has 0 aliphatic rings. The van der Waals surface area contributed by atoms with Crippen molar-refractivity contribution in [3.63, 3.8) is 0 Å². The first-order chi connectivity index (χ1) is 6.38. The van der Waals surface area contributed by atoms with Crippen LogP contribution in [0.15, 0.2) is 40.5 Å². The number of rotatable bonds is 4. The zero-order valence-electron chi connectivity index (χ0n) is 7.38. The maximum absolute atomic E-state index is 5.30. The van der Waals surface area contributed by atoms with E-state index in [-0.39, 0.29) is 6.10 Å². The fourth-order valence-electron chi connectivity index (χ4n) is 0.977. The molecule has 1 nitrogen and oxygen atoms in total. The minimum atomic E-state index is 0.0517. The van der Waals surface area contributed by atoms with Crippen molar-refractivity contribution in [2.75, 3.05) is 7.11 Å². The van der Waals surface area contributed by atoms with Crippen LogP contribution in [0.4, 0.5) is 0 Å². The monoisotopic (exact) mass is 212 g/mol. The minimum absolute atomic E-state index is 0.0517. The summed E-state index contributed by atoms with van der Waals surface area (Å²) in [6, 6.07) is 2.06. The summed E-state index contributed by atoms with van der Waals surface area (Å²) in [6.45, 7) is 0. The lowest BCUT2D eigenvalue weighted by Gasteiger charge is -2.07. The zero-order chi connectivity index (χ0) is 9.52. The molecule has 0 amide bonds. The van der Waals surface area contributed by atoms with Gasteiger partial charge in [0.2, 0.25) is 0 Å². The van der Waals surface area contributed by atoms with Crippen LogP contribution in [0.2, 0.25) is 0 Å². The molecule has 3 heteroatoms. The standard InChI is InChI=1S/C10H12OS2/c1-11-10(4-2-3-6-12)9-5-7-13-8-9/h2-8,10,12H,1H3/b4-2+,6-3-. The summed E-state index contributed by atoms with van der Waals surface area (Å²) in [4.78, 5) is 0. The summed E-state index contributed by atoms with van der Waals surface area (Å²) in [7, 11) is 1.71. The minimum Gasteiger partial charge on any atom is -0.373 e. The number of thiol groups is 1. The molecule has 0 saturated carbocycles. The predicted molar refractivity (Wildman–Crippen MR) is 61.3 cm³/mol. The predicted octanol–water partition coefficient (Wildman–Crippen LogP) is 3.44. The number of ether oxygens (including phenoxy) is 1. The van der Waals surface area contributed by atoms with Gasteiger partial charge in [-0.15, -0.1) is 0 Å². The van der Waals surface area contributed by atoms with Crippen molar-refractivity contribution in [2.45, 2.75) is 6.10 Å². The molecule has 0 N–H and O–H groups in total. The normalized spacial score (nSPS) is 14.3. The first kappa shape index (κ1) is 10.6. The van der Waals surface area contributed by atoms with Crippen LogP contribution in [0.3, 0.4) is 0 Å². The third-order valence-electron chi connectivity index (χ3n) is 1.61. The molecule has 1 heterocycles. The number of hydrogen-bond acceptors (Lipinski definition) is 3. The molecule has 0 aliphatic heterocycles. The summed E-state index contributed by atoms with van der Waals surface area (Å²) < 4.78 is 5.30. The highest BCUT2D eigenvalue weighted by Crippen LogP contribution is 2.20. The van der Waals surface area contributed by atoms with Gasteiger partial charge in [-0.1, -0.05) is 18.2 Å². The first-order valence-corrected chi connectivity index (χ1v) is 5.37. The van der Waals surface area contributed by atoms with Crippen molar-refractivity contribution in [3.05, 3.63) is 46.0 Å². The molecular formula is C10H12OS2. The van der Waals surface area contributed by atoms with Gasteiger partial charge in [0.25, 0.3) is 0 Å². The van der Waals surface area contributed by atoms with E-state index < -0.39 is 0 Å². The summed E-state index contributed by atoms with van der Waals surface area (Å²) in [5, 5.41) is 5.82. The molecule has 0 radical (unpaired) electrons. The van der Waals surface area contributed by atoms with Crippen molar-refractivity contribution in [1.29, 1.82) is 0 Å². The Morgan fingerprint density at radius 3 is 2.92 bits per heavy atom. The molecule has 1 rings (SSSR count). The third-order valence-corrected chi connectivity index (χ3v) is 2.48. The molecule has 0 bridgehead atoms. The Kier molecular flexibility index (Phi) is 4.90. The van der Waals surface area contributed by atoms with Crippen LogP contribution < -0.4 is 0 Å². The largest absolute Gasteiger partial charge is 0.373 e. The maximum Gasteiger partial charge on any atom is 0.101 e. The van der Waals surface area contributed by atoms with Crippen LogP contribution in [-0.4, -0.2) is 7.11 Å². The van der Waals surface area contributed by atoms with Crippen molar-refractivity contribution in [3.8, 4) is 0 Å². The van der Waals surface area contributed by atoms with E-state index in [0.29, 0.717) is 0 Å². The molecule has 0 saturated heterocycles. The number of allylic oxidation sites excluding steroid dienone is 2. The van der Waals surface area contributed by atoms with Crippen LogP contribution in [0.5, 0.6) is 0 Å². The molecule has 0 aromatic carbocycles. The van der Waals surface area contributed by atoms with Gasteiger partial charge in [0.05, 0.1) is 0 Å². The fourth-order valence-corrected chi connectivity index (χ4v) is 1.76. The summed E-state index contributed by atoms with van der Waals surface area (Å²) in [6.07, 6.45) is 5.84. The molecule has 0 fully saturated rings. The van der Waals surface area contributed by atoms with Crippen molar-refractivity contribution in [1.82, 2.24) is 0 Å². The van der Waals surface area contributed by atoms with Crippen LogP contribution in [0.25, 0.3) is 0 Å². The third kappa shape index (κ3) is 3.38. The van der Waals surface area contributed by atoms with Gasteiger partial charge in [-0.3, -0.25) is 0 Å². The molecule has 70 valence electrons. The van der Waals surface area contributed by atoms with E-state index in [2.05, 4.69) is 24.1 Å². The lowest BCUT2D eigenvalue weighted by molar-refractivity contribution is 0.143. The van der Waals surface area contributed by atoms with E-state index >= 15 is 0 Å². The van der Waals surface area contributed by atoms with Gasteiger partial charge in [0, 0.05) is 7.11 Å². The molecule has 1 unspecified atom stereocenters. The Balaban J connectivity index is 2.63. The molecule has 1 aromatic rings. The second-order valence-electron chi connectivity index (χ2n) is 2.44. The maximum atomic E-state index is 5.30. The van der Waals surface area contributed by atoms with E-state index in [9.17, 15) is 0 Å². The van der Waals surface area contributed by atoms with Crippen LogP contribution >= 0.6 is 24.0 Å². The van der Waals surface area contributed by atoms with Gasteiger partial charge in [-0.2, -0.15) is 24.0 Å². The van der Waals surface area contributed by atoms with Crippen molar-refractivity contribution >= 4 is 24.0 Å². The summed E-state index contributed by atoms with van der Waals surface area (Å²) in [5.41, 5.74) is 1.19. The van der Waals surface area contributed by atoms with Gasteiger partial charge in [-0.25, -0.2) is 0 Å². The molecule has 0 aliphatic carbocycles. The van der Waals surface area contributed by atoms with Crippen molar-refractivity contribution < 1.29 is 4.74 Å². The first-order valence-electron chi connectivity index (χ1n) is 3.91. The highest BCUT2D eigenvalue weighted by molar-refractivity contribution is 7.83. The van der Waals surface area contributed by atoms with Gasteiger partial charge in [0.15, 0.2) is 0 Å². The topological polar surface area (TPSA) is 9.23 Å². The van der Waals surface area contributed by atoms with E-state index in [1.807, 2.05) is 23.6 Å². The molecular weight excluding hydrogens is 200 g/mol. The number of hydrogen-bond donors (Lipinski definition) is 1. The lowest BCUT2D eigenvalue weighted by atomic mass is 10.2. The second-order valence-corrected chi connectivity index (χ2v) is 3.52. The second kappa shape index (κ2) is 6.02. The highest BCUT2D eigenvalue weighted by Gasteiger charge is 2.04. The fraction of sp³-hybridized carbons (Fsp3) is 0.200. The van der Waals surface area contributed by atoms with E-state index in [1.165, 1.54) is 5.56 Å². The van der Waals surface area contributed by atoms with Crippen molar-refractivity contribution in [2.24, 2.45) is 0 Å². The average molecular weight is 212 g/mol. The van der Waals surface area contributed by atoms with E-state index in [4.69, 9.17) is 4.74 Å². The molecule has 0 spiro atoms. The Bertz CT molecular complexity index is 275. The quantitative estimate of drug-likeness (QED) is 0.594. The van der Waals surface area contributed by atoms with Crippen LogP contribution in [0, 0.1) is 0 Å². The van der Waals surface area contributed by atoms with Gasteiger partial charge < -0.3 is 4.74 Å². The Hall–Kier alpha value is -0.510. The van der Waals surface area contributed by atoms with Crippen LogP contribution in [-0.2, 0) is 4.74 Å². The van der Waals surface area contributed by atoms with Gasteiger partial charge in [-0.05, 0) is 27.8 Å². The Labute approximate surface area is 88.2 Å². The molecule has 1 aromatic heterocycles. The van der Waals surface area contributed by atoms with E-state index in [0.717, 1.165) is 0 Å². The molecule has 13 heavy (non-hydrogen) atoms. The summed E-state index contributed by atoms with van der Waals surface area (Å²) in [5.74, 6) is 0. The van der Waals surface area contributed by atoms with E-state index in [1.54, 1.807) is 23.9 Å². The molecule has 1 atom stereocenters. The smallest absolute Gasteiger partial charge is 0.101 e. The average Bonchev–Trinajstić information content (AvgIpc) is 2.65. The Morgan fingerprint density at radius 1 is 1.54 bits per heavy atom. The summed E-state index contributed by atoms with van der Waals surface area (Å²) >= 11 is 5.63. The zero-order valence-corrected chi connectivity index (χ0v) is 9.09. The number of methoxy groups -OCH3 is 1.